The van der Waals surface area contributed by atoms with Gasteiger partial charge in [0, 0.05) is 67.6 Å². The molecule has 8 heteroatoms. The zero-order valence-electron chi connectivity index (χ0n) is 26.2. The third-order valence-corrected chi connectivity index (χ3v) is 11.0. The Kier molecular flexibility index (Phi) is 10.0. The molecular formula is C36H46ClFN2O4. The number of hydrogen-bond donors (Lipinski definition) is 2. The van der Waals surface area contributed by atoms with Crippen molar-refractivity contribution in [1.82, 2.24) is 9.80 Å². The number of benzene rings is 2. The summed E-state index contributed by atoms with van der Waals surface area (Å²) in [6, 6.07) is 10.3. The quantitative estimate of drug-likeness (QED) is 0.310. The first-order valence-electron chi connectivity index (χ1n) is 16.0. The molecule has 1 saturated carbocycles. The molecule has 6 rings (SSSR count). The number of piperazine rings is 1. The molecule has 1 amide bonds. The monoisotopic (exact) mass is 624 g/mol. The molecule has 0 spiro atoms. The Balaban J connectivity index is 1.53. The highest BCUT2D eigenvalue weighted by Gasteiger charge is 2.57. The Morgan fingerprint density at radius 3 is 2.55 bits per heavy atom. The van der Waals surface area contributed by atoms with E-state index in [1.165, 1.54) is 17.7 Å². The highest BCUT2D eigenvalue weighted by molar-refractivity contribution is 6.31. The van der Waals surface area contributed by atoms with Crippen LogP contribution >= 0.6 is 11.6 Å². The van der Waals surface area contributed by atoms with Gasteiger partial charge in [-0.05, 0) is 87.1 Å². The molecule has 2 N–H and O–H groups in total. The molecule has 44 heavy (non-hydrogen) atoms. The van der Waals surface area contributed by atoms with E-state index in [9.17, 15) is 24.2 Å². The summed E-state index contributed by atoms with van der Waals surface area (Å²) in [5.74, 6) is -0.747. The van der Waals surface area contributed by atoms with Crippen molar-refractivity contribution < 1.29 is 24.2 Å². The van der Waals surface area contributed by atoms with Gasteiger partial charge in [-0.2, -0.15) is 0 Å². The highest BCUT2D eigenvalue weighted by atomic mass is 35.5. The van der Waals surface area contributed by atoms with E-state index in [0.29, 0.717) is 64.0 Å². The predicted molar refractivity (Wildman–Crippen MR) is 172 cm³/mol. The van der Waals surface area contributed by atoms with Crippen molar-refractivity contribution in [2.24, 2.45) is 5.41 Å². The molecule has 0 unspecified atom stereocenters. The summed E-state index contributed by atoms with van der Waals surface area (Å²) in [6.07, 6.45) is 6.17. The van der Waals surface area contributed by atoms with E-state index >= 15 is 0 Å². The number of hydrogen-bond acceptors (Lipinski definition) is 5. The molecule has 2 aromatic rings. The molecular weight excluding hydrogens is 579 g/mol. The Morgan fingerprint density at radius 2 is 1.84 bits per heavy atom. The van der Waals surface area contributed by atoms with E-state index in [-0.39, 0.29) is 34.6 Å². The highest BCUT2D eigenvalue weighted by Crippen LogP contribution is 2.58. The van der Waals surface area contributed by atoms with Crippen molar-refractivity contribution in [1.29, 1.82) is 0 Å². The van der Waals surface area contributed by atoms with E-state index in [1.54, 1.807) is 13.0 Å². The summed E-state index contributed by atoms with van der Waals surface area (Å²) >= 11 is 6.33. The molecule has 1 heterocycles. The molecule has 3 aliphatic carbocycles. The van der Waals surface area contributed by atoms with E-state index < -0.39 is 22.9 Å². The van der Waals surface area contributed by atoms with Gasteiger partial charge in [0.2, 0.25) is 5.91 Å². The number of Topliss-reactive ketones (excluding diaryl/α,β-unsaturated/α-hetero) is 1. The number of fused-ring (bicyclic) bond motifs is 8. The molecule has 2 bridgehead atoms. The second-order valence-corrected chi connectivity index (χ2v) is 13.9. The molecule has 1 aliphatic heterocycles. The summed E-state index contributed by atoms with van der Waals surface area (Å²) in [5, 5.41) is 23.6. The van der Waals surface area contributed by atoms with Gasteiger partial charge in [0.05, 0.1) is 11.7 Å². The molecule has 4 atom stereocenters. The minimum Gasteiger partial charge on any atom is -0.393 e. The van der Waals surface area contributed by atoms with Gasteiger partial charge in [0.15, 0.2) is 5.78 Å². The first-order chi connectivity index (χ1) is 20.9. The van der Waals surface area contributed by atoms with Gasteiger partial charge in [0.1, 0.15) is 5.82 Å². The van der Waals surface area contributed by atoms with E-state index in [4.69, 9.17) is 11.6 Å². The molecule has 2 aromatic carbocycles. The van der Waals surface area contributed by atoms with Crippen molar-refractivity contribution in [3.8, 4) is 0 Å². The van der Waals surface area contributed by atoms with Crippen LogP contribution in [0.15, 0.2) is 48.0 Å². The number of nitrogens with zero attached hydrogens (tertiary/aromatic N) is 2. The lowest BCUT2D eigenvalue weighted by atomic mass is 9.64. The molecule has 4 aliphatic rings. The maximum atomic E-state index is 14.8. The van der Waals surface area contributed by atoms with Gasteiger partial charge in [0.25, 0.3) is 0 Å². The average Bonchev–Trinajstić information content (AvgIpc) is 3.23. The van der Waals surface area contributed by atoms with Crippen LogP contribution in [0.25, 0.3) is 0 Å². The summed E-state index contributed by atoms with van der Waals surface area (Å²) < 4.78 is 14.8. The second-order valence-electron chi connectivity index (χ2n) is 13.5. The second kappa shape index (κ2) is 13.4. The number of carbonyl (C=O) groups is 2. The Bertz CT molecular complexity index is 1400. The third-order valence-electron chi connectivity index (χ3n) is 10.7. The van der Waals surface area contributed by atoms with Gasteiger partial charge in [-0.15, -0.1) is 0 Å². The fourth-order valence-electron chi connectivity index (χ4n) is 7.79. The van der Waals surface area contributed by atoms with E-state index in [0.717, 1.165) is 30.4 Å². The topological polar surface area (TPSA) is 81.1 Å². The lowest BCUT2D eigenvalue weighted by molar-refractivity contribution is -0.132. The smallest absolute Gasteiger partial charge is 0.219 e. The van der Waals surface area contributed by atoms with Crippen LogP contribution in [0.3, 0.4) is 0 Å². The van der Waals surface area contributed by atoms with Crippen molar-refractivity contribution in [2.45, 2.75) is 89.8 Å². The molecule has 2 fully saturated rings. The van der Waals surface area contributed by atoms with Crippen LogP contribution in [0.4, 0.5) is 4.39 Å². The fraction of sp³-hybridized carbons (Fsp3) is 0.556. The maximum Gasteiger partial charge on any atom is 0.219 e. The molecule has 238 valence electrons. The number of amides is 1. The first kappa shape index (κ1) is 32.8. The largest absolute Gasteiger partial charge is 0.393 e. The van der Waals surface area contributed by atoms with Crippen molar-refractivity contribution in [3.63, 3.8) is 0 Å². The summed E-state index contributed by atoms with van der Waals surface area (Å²) in [6.45, 7) is 9.11. The maximum absolute atomic E-state index is 14.8. The number of carbonyl (C=O) groups excluding carboxylic acids is 2. The van der Waals surface area contributed by atoms with Gasteiger partial charge in [-0.3, -0.25) is 14.5 Å². The summed E-state index contributed by atoms with van der Waals surface area (Å²) in [7, 11) is 0. The number of β-amino-alcohol motifs (C(OH)–C–C–N with tert-alkyl or cyclic N) is 1. The SMILES string of the molecule is CC(=O)N1CCN(C[C@]2(O)CC[C@H]3c4ccc(cc4C(=O)Cc4c(F)cccc4Cl)C[C@@H](O)CCC(C)=CCC[C@@]32C)CC1. The van der Waals surface area contributed by atoms with Gasteiger partial charge in [-0.25, -0.2) is 4.39 Å². The standard InChI is InChI=1S/C36H46ClFN2O4/c1-24-6-5-14-35(3)31(13-15-36(35,44)23-39-16-18-40(19-17-39)25(2)41)28-12-10-26(20-27(42)11-9-24)21-29(28)34(43)22-30-32(37)7-4-8-33(30)38/h4,6-8,10,12,21,27,31,42,44H,5,9,11,13-20,22-23H2,1-3H3/t27-,31-,35-,36+/m0/s1. The first-order valence-corrected chi connectivity index (χ1v) is 16.4. The molecule has 6 nitrogen and oxygen atoms in total. The average molecular weight is 625 g/mol. The minimum atomic E-state index is -1.00. The Labute approximate surface area is 265 Å². The summed E-state index contributed by atoms with van der Waals surface area (Å²) in [5.41, 5.74) is 2.12. The van der Waals surface area contributed by atoms with E-state index in [1.807, 2.05) is 23.1 Å². The number of rotatable bonds is 5. The zero-order chi connectivity index (χ0) is 31.6. The van der Waals surface area contributed by atoms with Crippen molar-refractivity contribution in [3.05, 3.63) is 81.1 Å². The van der Waals surface area contributed by atoms with Gasteiger partial charge < -0.3 is 15.1 Å². The van der Waals surface area contributed by atoms with Gasteiger partial charge >= 0.3 is 0 Å². The number of aliphatic hydroxyl groups excluding tert-OH is 1. The van der Waals surface area contributed by atoms with Crippen LogP contribution in [0.2, 0.25) is 5.02 Å². The van der Waals surface area contributed by atoms with E-state index in [2.05, 4.69) is 24.8 Å². The lowest BCUT2D eigenvalue weighted by Gasteiger charge is -2.47. The fourth-order valence-corrected chi connectivity index (χ4v) is 8.02. The van der Waals surface area contributed by atoms with Crippen molar-refractivity contribution in [2.75, 3.05) is 32.7 Å². The van der Waals surface area contributed by atoms with Gasteiger partial charge in [-0.1, -0.05) is 48.4 Å². The number of ketones is 1. The molecule has 0 radical (unpaired) electrons. The Hall–Kier alpha value is -2.58. The normalized spacial score (nSPS) is 28.3. The number of halogens is 2. The van der Waals surface area contributed by atoms with Crippen LogP contribution in [0.1, 0.15) is 92.3 Å². The van der Waals surface area contributed by atoms with Crippen LogP contribution < -0.4 is 0 Å². The minimum absolute atomic E-state index is 0.0780. The zero-order valence-corrected chi connectivity index (χ0v) is 27.0. The van der Waals surface area contributed by atoms with Crippen LogP contribution in [0, 0.1) is 11.2 Å². The predicted octanol–water partition coefficient (Wildman–Crippen LogP) is 6.11. The number of aliphatic hydroxyl groups is 2. The van der Waals surface area contributed by atoms with Crippen molar-refractivity contribution >= 4 is 23.3 Å². The third kappa shape index (κ3) is 6.81. The number of allylic oxidation sites excluding steroid dienone is 2. The van der Waals surface area contributed by atoms with Crippen LogP contribution in [0.5, 0.6) is 0 Å². The molecule has 0 aromatic heterocycles. The molecule has 1 saturated heterocycles. The Morgan fingerprint density at radius 1 is 1.09 bits per heavy atom. The lowest BCUT2D eigenvalue weighted by Crippen LogP contribution is -2.57. The van der Waals surface area contributed by atoms with Crippen LogP contribution in [-0.4, -0.2) is 76.1 Å². The summed E-state index contributed by atoms with van der Waals surface area (Å²) in [4.78, 5) is 30.1. The van der Waals surface area contributed by atoms with Crippen LogP contribution in [-0.2, 0) is 17.6 Å².